The van der Waals surface area contributed by atoms with Crippen molar-refractivity contribution in [3.63, 3.8) is 0 Å². The van der Waals surface area contributed by atoms with Gasteiger partial charge in [0.05, 0.1) is 13.3 Å². The first-order valence-corrected chi connectivity index (χ1v) is 5.82. The number of aromatic nitrogens is 2. The van der Waals surface area contributed by atoms with Gasteiger partial charge in [0, 0.05) is 11.8 Å². The highest BCUT2D eigenvalue weighted by Gasteiger charge is 2.00. The number of anilines is 1. The topological polar surface area (TPSA) is 99.6 Å². The molecule has 0 aliphatic heterocycles. The van der Waals surface area contributed by atoms with Gasteiger partial charge in [-0.3, -0.25) is 9.78 Å². The largest absolute Gasteiger partial charge is 0.504 e. The first kappa shape index (κ1) is 13.6. The molecule has 1 heterocycles. The third kappa shape index (κ3) is 3.35. The molecule has 0 saturated heterocycles. The van der Waals surface area contributed by atoms with Gasteiger partial charge >= 0.3 is 0 Å². The van der Waals surface area contributed by atoms with Crippen LogP contribution >= 0.6 is 0 Å². The zero-order valence-corrected chi connectivity index (χ0v) is 11.0. The van der Waals surface area contributed by atoms with Gasteiger partial charge in [-0.1, -0.05) is 0 Å². The van der Waals surface area contributed by atoms with E-state index >= 15 is 0 Å². The van der Waals surface area contributed by atoms with Crippen LogP contribution in [-0.2, 0) is 0 Å². The lowest BCUT2D eigenvalue weighted by atomic mass is 10.2. The third-order valence-corrected chi connectivity index (χ3v) is 2.46. The molecule has 0 amide bonds. The lowest BCUT2D eigenvalue weighted by molar-refractivity contribution is 0.373. The molecule has 2 aromatic rings. The van der Waals surface area contributed by atoms with Gasteiger partial charge in [0.2, 0.25) is 5.95 Å². The van der Waals surface area contributed by atoms with Gasteiger partial charge in [0.25, 0.3) is 5.56 Å². The van der Waals surface area contributed by atoms with E-state index in [0.29, 0.717) is 17.0 Å². The molecular weight excluding hydrogens is 260 g/mol. The summed E-state index contributed by atoms with van der Waals surface area (Å²) in [6.07, 6.45) is 1.49. The van der Waals surface area contributed by atoms with Crippen molar-refractivity contribution in [2.45, 2.75) is 6.92 Å². The fraction of sp³-hybridized carbons (Fsp3) is 0.154. The number of hydrogen-bond acceptors (Lipinski definition) is 6. The predicted molar refractivity (Wildman–Crippen MR) is 75.5 cm³/mol. The molecule has 0 unspecified atom stereocenters. The molecule has 104 valence electrons. The summed E-state index contributed by atoms with van der Waals surface area (Å²) in [6, 6.07) is 6.26. The highest BCUT2D eigenvalue weighted by Crippen LogP contribution is 2.25. The molecule has 1 aromatic carbocycles. The van der Waals surface area contributed by atoms with Crippen LogP contribution in [0.25, 0.3) is 0 Å². The molecule has 0 radical (unpaired) electrons. The Kier molecular flexibility index (Phi) is 3.99. The standard InChI is InChI=1S/C13H14N4O3/c1-8-5-12(19)16-13(15-8)17-14-7-9-3-4-11(20-2)10(18)6-9/h3-7,18H,1-2H3,(H2,15,16,17,19). The first-order chi connectivity index (χ1) is 9.58. The average Bonchev–Trinajstić information content (AvgIpc) is 2.38. The van der Waals surface area contributed by atoms with E-state index in [-0.39, 0.29) is 17.3 Å². The number of H-pyrrole nitrogens is 1. The zero-order chi connectivity index (χ0) is 14.5. The number of nitrogens with zero attached hydrogens (tertiary/aromatic N) is 2. The zero-order valence-electron chi connectivity index (χ0n) is 11.0. The molecule has 0 aliphatic rings. The number of phenols is 1. The van der Waals surface area contributed by atoms with E-state index in [2.05, 4.69) is 20.5 Å². The normalized spacial score (nSPS) is 10.7. The molecular formula is C13H14N4O3. The first-order valence-electron chi connectivity index (χ1n) is 5.82. The molecule has 7 heteroatoms. The van der Waals surface area contributed by atoms with E-state index in [1.54, 1.807) is 19.1 Å². The Bertz CT molecular complexity index is 694. The quantitative estimate of drug-likeness (QED) is 0.575. The van der Waals surface area contributed by atoms with Gasteiger partial charge in [-0.05, 0) is 30.7 Å². The minimum atomic E-state index is -0.253. The molecule has 20 heavy (non-hydrogen) atoms. The number of ether oxygens (including phenoxy) is 1. The smallest absolute Gasteiger partial charge is 0.252 e. The lowest BCUT2D eigenvalue weighted by Crippen LogP contribution is -2.10. The van der Waals surface area contributed by atoms with Crippen molar-refractivity contribution in [3.05, 3.63) is 45.9 Å². The van der Waals surface area contributed by atoms with E-state index in [1.165, 1.54) is 25.5 Å². The van der Waals surface area contributed by atoms with Gasteiger partial charge in [-0.2, -0.15) is 5.10 Å². The Balaban J connectivity index is 2.10. The summed E-state index contributed by atoms with van der Waals surface area (Å²) >= 11 is 0. The number of aromatic hydroxyl groups is 1. The lowest BCUT2D eigenvalue weighted by Gasteiger charge is -2.03. The summed E-state index contributed by atoms with van der Waals surface area (Å²) in [6.45, 7) is 1.71. The van der Waals surface area contributed by atoms with E-state index in [4.69, 9.17) is 4.74 Å². The monoisotopic (exact) mass is 274 g/mol. The van der Waals surface area contributed by atoms with E-state index in [9.17, 15) is 9.90 Å². The summed E-state index contributed by atoms with van der Waals surface area (Å²) in [7, 11) is 1.48. The number of benzene rings is 1. The van der Waals surface area contributed by atoms with Crippen LogP contribution in [-0.4, -0.2) is 28.4 Å². The molecule has 0 saturated carbocycles. The summed E-state index contributed by atoms with van der Waals surface area (Å²) < 4.78 is 4.94. The molecule has 0 bridgehead atoms. The van der Waals surface area contributed by atoms with Crippen molar-refractivity contribution in [2.75, 3.05) is 12.5 Å². The fourth-order valence-corrected chi connectivity index (χ4v) is 1.59. The van der Waals surface area contributed by atoms with E-state index in [1.807, 2.05) is 0 Å². The Labute approximate surface area is 115 Å². The molecule has 1 aromatic heterocycles. The predicted octanol–water partition coefficient (Wildman–Crippen LogP) is 1.24. The average molecular weight is 274 g/mol. The van der Waals surface area contributed by atoms with Crippen LogP contribution in [0.4, 0.5) is 5.95 Å². The number of methoxy groups -OCH3 is 1. The van der Waals surface area contributed by atoms with Gasteiger partial charge in [0.15, 0.2) is 11.5 Å². The Morgan fingerprint density at radius 2 is 2.25 bits per heavy atom. The third-order valence-electron chi connectivity index (χ3n) is 2.46. The Morgan fingerprint density at radius 1 is 1.45 bits per heavy atom. The van der Waals surface area contributed by atoms with Crippen molar-refractivity contribution in [2.24, 2.45) is 5.10 Å². The van der Waals surface area contributed by atoms with Crippen LogP contribution in [0.2, 0.25) is 0 Å². The van der Waals surface area contributed by atoms with Crippen molar-refractivity contribution in [3.8, 4) is 11.5 Å². The Morgan fingerprint density at radius 3 is 2.90 bits per heavy atom. The van der Waals surface area contributed by atoms with Crippen molar-refractivity contribution < 1.29 is 9.84 Å². The maximum absolute atomic E-state index is 11.2. The fourth-order valence-electron chi connectivity index (χ4n) is 1.59. The van der Waals surface area contributed by atoms with Crippen molar-refractivity contribution in [1.29, 1.82) is 0 Å². The molecule has 2 rings (SSSR count). The number of rotatable bonds is 4. The maximum Gasteiger partial charge on any atom is 0.252 e. The van der Waals surface area contributed by atoms with Gasteiger partial charge in [-0.15, -0.1) is 0 Å². The summed E-state index contributed by atoms with van der Waals surface area (Å²) in [5.74, 6) is 0.669. The molecule has 7 nitrogen and oxygen atoms in total. The van der Waals surface area contributed by atoms with Crippen LogP contribution in [0.3, 0.4) is 0 Å². The van der Waals surface area contributed by atoms with Crippen LogP contribution in [0, 0.1) is 6.92 Å². The van der Waals surface area contributed by atoms with Crippen LogP contribution in [0.5, 0.6) is 11.5 Å². The van der Waals surface area contributed by atoms with Gasteiger partial charge in [0.1, 0.15) is 0 Å². The highest BCUT2D eigenvalue weighted by atomic mass is 16.5. The van der Waals surface area contributed by atoms with Crippen molar-refractivity contribution in [1.82, 2.24) is 9.97 Å². The van der Waals surface area contributed by atoms with Crippen LogP contribution in [0.15, 0.2) is 34.2 Å². The number of aromatic amines is 1. The van der Waals surface area contributed by atoms with E-state index < -0.39 is 0 Å². The number of hydrazone groups is 1. The van der Waals surface area contributed by atoms with Crippen LogP contribution in [0.1, 0.15) is 11.3 Å². The molecule has 0 fully saturated rings. The van der Waals surface area contributed by atoms with E-state index in [0.717, 1.165) is 0 Å². The SMILES string of the molecule is COc1ccc(C=NNc2nc(C)cc(=O)[nH]2)cc1O. The second-order valence-electron chi connectivity index (χ2n) is 4.04. The number of nitrogens with one attached hydrogen (secondary N) is 2. The minimum Gasteiger partial charge on any atom is -0.504 e. The highest BCUT2D eigenvalue weighted by molar-refractivity contribution is 5.81. The molecule has 3 N–H and O–H groups in total. The van der Waals surface area contributed by atoms with Crippen LogP contribution < -0.4 is 15.7 Å². The minimum absolute atomic E-state index is 0.0264. The summed E-state index contributed by atoms with van der Waals surface area (Å²) in [5.41, 5.74) is 3.62. The number of aryl methyl sites for hydroxylation is 1. The second kappa shape index (κ2) is 5.87. The second-order valence-corrected chi connectivity index (χ2v) is 4.04. The molecule has 0 aliphatic carbocycles. The van der Waals surface area contributed by atoms with Crippen molar-refractivity contribution >= 4 is 12.2 Å². The summed E-state index contributed by atoms with van der Waals surface area (Å²) in [5, 5.41) is 13.5. The van der Waals surface area contributed by atoms with Gasteiger partial charge < -0.3 is 9.84 Å². The Hall–Kier alpha value is -2.83. The molecule has 0 atom stereocenters. The number of hydrogen-bond donors (Lipinski definition) is 3. The van der Waals surface area contributed by atoms with Gasteiger partial charge in [-0.25, -0.2) is 10.4 Å². The maximum atomic E-state index is 11.2. The number of phenolic OH excluding ortho intramolecular Hbond substituents is 1. The molecule has 0 spiro atoms. The summed E-state index contributed by atoms with van der Waals surface area (Å²) in [4.78, 5) is 17.8.